The summed E-state index contributed by atoms with van der Waals surface area (Å²) in [6.07, 6.45) is 8.40. The summed E-state index contributed by atoms with van der Waals surface area (Å²) >= 11 is 0. The SMILES string of the molecule is Cc1cc(C(=O)NCC(C)C)nc(NCCC2=CCCCC2)n1. The number of allylic oxidation sites excluding steroid dienone is 1. The maximum atomic E-state index is 12.1. The van der Waals surface area contributed by atoms with E-state index in [-0.39, 0.29) is 5.91 Å². The summed E-state index contributed by atoms with van der Waals surface area (Å²) in [5.74, 6) is 0.821. The van der Waals surface area contributed by atoms with Gasteiger partial charge in [-0.25, -0.2) is 9.97 Å². The molecule has 1 aromatic rings. The standard InChI is InChI=1S/C18H28N4O/c1-13(2)12-20-17(23)16-11-14(3)21-18(22-16)19-10-9-15-7-5-4-6-8-15/h7,11,13H,4-6,8-10,12H2,1-3H3,(H,20,23)(H,19,21,22). The van der Waals surface area contributed by atoms with E-state index in [0.717, 1.165) is 18.7 Å². The number of hydrogen-bond donors (Lipinski definition) is 2. The van der Waals surface area contributed by atoms with Gasteiger partial charge < -0.3 is 10.6 Å². The molecule has 23 heavy (non-hydrogen) atoms. The second kappa shape index (κ2) is 8.65. The van der Waals surface area contributed by atoms with Crippen LogP contribution in [-0.2, 0) is 0 Å². The maximum Gasteiger partial charge on any atom is 0.270 e. The van der Waals surface area contributed by atoms with E-state index in [1.54, 1.807) is 6.07 Å². The lowest BCUT2D eigenvalue weighted by Gasteiger charge is -2.13. The fourth-order valence-corrected chi connectivity index (χ4v) is 2.62. The molecule has 1 aliphatic carbocycles. The molecular formula is C18H28N4O. The average Bonchev–Trinajstić information content (AvgIpc) is 2.53. The summed E-state index contributed by atoms with van der Waals surface area (Å²) in [5.41, 5.74) is 2.75. The smallest absolute Gasteiger partial charge is 0.270 e. The van der Waals surface area contributed by atoms with Crippen molar-refractivity contribution in [1.29, 1.82) is 0 Å². The van der Waals surface area contributed by atoms with Crippen LogP contribution in [0.1, 0.15) is 62.1 Å². The van der Waals surface area contributed by atoms with E-state index >= 15 is 0 Å². The van der Waals surface area contributed by atoms with E-state index in [1.807, 2.05) is 6.92 Å². The Bertz CT molecular complexity index is 566. The van der Waals surface area contributed by atoms with Gasteiger partial charge in [-0.15, -0.1) is 0 Å². The van der Waals surface area contributed by atoms with Gasteiger partial charge in [0.15, 0.2) is 0 Å². The van der Waals surface area contributed by atoms with Gasteiger partial charge >= 0.3 is 0 Å². The second-order valence-corrected chi connectivity index (χ2v) is 6.61. The highest BCUT2D eigenvalue weighted by molar-refractivity contribution is 5.92. The van der Waals surface area contributed by atoms with Crippen LogP contribution in [0.25, 0.3) is 0 Å². The Morgan fingerprint density at radius 1 is 1.30 bits per heavy atom. The molecule has 0 radical (unpaired) electrons. The summed E-state index contributed by atoms with van der Waals surface area (Å²) in [4.78, 5) is 20.8. The van der Waals surface area contributed by atoms with Crippen molar-refractivity contribution in [3.05, 3.63) is 29.1 Å². The van der Waals surface area contributed by atoms with E-state index in [4.69, 9.17) is 0 Å². The van der Waals surface area contributed by atoms with Crippen LogP contribution in [0, 0.1) is 12.8 Å². The Kier molecular flexibility index (Phi) is 6.56. The minimum atomic E-state index is -0.137. The highest BCUT2D eigenvalue weighted by Crippen LogP contribution is 2.19. The Labute approximate surface area is 139 Å². The first kappa shape index (κ1) is 17.4. The third-order valence-corrected chi connectivity index (χ3v) is 3.87. The minimum Gasteiger partial charge on any atom is -0.354 e. The topological polar surface area (TPSA) is 66.9 Å². The predicted octanol–water partition coefficient (Wildman–Crippen LogP) is 3.47. The molecule has 0 unspecified atom stereocenters. The molecule has 5 heteroatoms. The van der Waals surface area contributed by atoms with Crippen molar-refractivity contribution in [2.24, 2.45) is 5.92 Å². The third-order valence-electron chi connectivity index (χ3n) is 3.87. The number of carbonyl (C=O) groups excluding carboxylic acids is 1. The zero-order chi connectivity index (χ0) is 16.7. The Hall–Kier alpha value is -1.91. The lowest BCUT2D eigenvalue weighted by atomic mass is 9.97. The molecule has 0 saturated carbocycles. The highest BCUT2D eigenvalue weighted by atomic mass is 16.1. The molecule has 1 amide bonds. The number of hydrogen-bond acceptors (Lipinski definition) is 4. The number of aryl methyl sites for hydroxylation is 1. The summed E-state index contributed by atoms with van der Waals surface area (Å²) < 4.78 is 0. The molecular weight excluding hydrogens is 288 g/mol. The van der Waals surface area contributed by atoms with E-state index in [9.17, 15) is 4.79 Å². The quantitative estimate of drug-likeness (QED) is 0.756. The van der Waals surface area contributed by atoms with Crippen molar-refractivity contribution in [3.63, 3.8) is 0 Å². The molecule has 0 aromatic carbocycles. The monoisotopic (exact) mass is 316 g/mol. The minimum absolute atomic E-state index is 0.137. The molecule has 0 spiro atoms. The molecule has 2 rings (SSSR count). The average molecular weight is 316 g/mol. The van der Waals surface area contributed by atoms with Crippen molar-refractivity contribution in [3.8, 4) is 0 Å². The number of aromatic nitrogens is 2. The van der Waals surface area contributed by atoms with E-state index in [1.165, 1.54) is 31.3 Å². The normalized spacial score (nSPS) is 14.5. The summed E-state index contributed by atoms with van der Waals surface area (Å²) in [5, 5.41) is 6.14. The van der Waals surface area contributed by atoms with Crippen LogP contribution in [0.4, 0.5) is 5.95 Å². The van der Waals surface area contributed by atoms with Crippen LogP contribution in [0.2, 0.25) is 0 Å². The van der Waals surface area contributed by atoms with Gasteiger partial charge in [0.1, 0.15) is 5.69 Å². The van der Waals surface area contributed by atoms with Crippen LogP contribution < -0.4 is 10.6 Å². The molecule has 1 aliphatic rings. The van der Waals surface area contributed by atoms with Gasteiger partial charge in [0.25, 0.3) is 5.91 Å². The molecule has 2 N–H and O–H groups in total. The molecule has 0 bridgehead atoms. The number of amides is 1. The molecule has 5 nitrogen and oxygen atoms in total. The largest absolute Gasteiger partial charge is 0.354 e. The van der Waals surface area contributed by atoms with Crippen molar-refractivity contribution < 1.29 is 4.79 Å². The van der Waals surface area contributed by atoms with E-state index in [2.05, 4.69) is 40.5 Å². The second-order valence-electron chi connectivity index (χ2n) is 6.61. The van der Waals surface area contributed by atoms with E-state index < -0.39 is 0 Å². The molecule has 1 aromatic heterocycles. The molecule has 0 saturated heterocycles. The fraction of sp³-hybridized carbons (Fsp3) is 0.611. The van der Waals surface area contributed by atoms with Gasteiger partial charge in [-0.05, 0) is 51.0 Å². The van der Waals surface area contributed by atoms with Gasteiger partial charge in [0, 0.05) is 18.8 Å². The number of carbonyl (C=O) groups is 1. The predicted molar refractivity (Wildman–Crippen MR) is 93.6 cm³/mol. The fourth-order valence-electron chi connectivity index (χ4n) is 2.62. The lowest BCUT2D eigenvalue weighted by Crippen LogP contribution is -2.28. The van der Waals surface area contributed by atoms with Crippen molar-refractivity contribution in [2.45, 2.75) is 52.9 Å². The lowest BCUT2D eigenvalue weighted by molar-refractivity contribution is 0.0944. The van der Waals surface area contributed by atoms with Gasteiger partial charge in [0.2, 0.25) is 5.95 Å². The number of nitrogens with one attached hydrogen (secondary N) is 2. The van der Waals surface area contributed by atoms with Crippen LogP contribution in [0.5, 0.6) is 0 Å². The maximum absolute atomic E-state index is 12.1. The number of anilines is 1. The molecule has 0 aliphatic heterocycles. The molecule has 0 fully saturated rings. The molecule has 1 heterocycles. The van der Waals surface area contributed by atoms with Gasteiger partial charge in [-0.3, -0.25) is 4.79 Å². The Morgan fingerprint density at radius 2 is 2.13 bits per heavy atom. The first-order valence-corrected chi connectivity index (χ1v) is 8.60. The van der Waals surface area contributed by atoms with Crippen molar-refractivity contribution >= 4 is 11.9 Å². The Morgan fingerprint density at radius 3 is 2.83 bits per heavy atom. The summed E-state index contributed by atoms with van der Waals surface area (Å²) in [7, 11) is 0. The van der Waals surface area contributed by atoms with Crippen LogP contribution in [0.15, 0.2) is 17.7 Å². The van der Waals surface area contributed by atoms with Crippen LogP contribution in [0.3, 0.4) is 0 Å². The first-order valence-electron chi connectivity index (χ1n) is 8.60. The highest BCUT2D eigenvalue weighted by Gasteiger charge is 2.11. The number of nitrogens with zero attached hydrogens (tertiary/aromatic N) is 2. The molecule has 0 atom stereocenters. The molecule has 126 valence electrons. The Balaban J connectivity index is 1.91. The third kappa shape index (κ3) is 6.00. The van der Waals surface area contributed by atoms with Crippen molar-refractivity contribution in [1.82, 2.24) is 15.3 Å². The van der Waals surface area contributed by atoms with Crippen LogP contribution in [-0.4, -0.2) is 29.0 Å². The summed E-state index contributed by atoms with van der Waals surface area (Å²) in [6, 6.07) is 1.73. The van der Waals surface area contributed by atoms with Crippen molar-refractivity contribution in [2.75, 3.05) is 18.4 Å². The van der Waals surface area contributed by atoms with Gasteiger partial charge in [-0.2, -0.15) is 0 Å². The number of rotatable bonds is 7. The van der Waals surface area contributed by atoms with E-state index in [0.29, 0.717) is 24.1 Å². The van der Waals surface area contributed by atoms with Crippen LogP contribution >= 0.6 is 0 Å². The summed E-state index contributed by atoms with van der Waals surface area (Å²) in [6.45, 7) is 7.48. The van der Waals surface area contributed by atoms with Gasteiger partial charge in [-0.1, -0.05) is 25.5 Å². The zero-order valence-corrected chi connectivity index (χ0v) is 14.5. The first-order chi connectivity index (χ1) is 11.0. The van der Waals surface area contributed by atoms with Gasteiger partial charge in [0.05, 0.1) is 0 Å². The zero-order valence-electron chi connectivity index (χ0n) is 14.5.